The Kier molecular flexibility index (Phi) is 4.48. The summed E-state index contributed by atoms with van der Waals surface area (Å²) < 4.78 is 5.12. The van der Waals surface area contributed by atoms with Crippen molar-refractivity contribution in [2.75, 3.05) is 46.4 Å². The van der Waals surface area contributed by atoms with Gasteiger partial charge in [0.2, 0.25) is 0 Å². The number of hydrogen-bond donors (Lipinski definition) is 1. The number of hydrogen-bond acceptors (Lipinski definition) is 4. The maximum Gasteiger partial charge on any atom is 0.0589 e. The van der Waals surface area contributed by atoms with Gasteiger partial charge in [0.15, 0.2) is 0 Å². The quantitative estimate of drug-likeness (QED) is 0.753. The van der Waals surface area contributed by atoms with Gasteiger partial charge in [-0.05, 0) is 12.8 Å². The van der Waals surface area contributed by atoms with Gasteiger partial charge in [-0.15, -0.1) is 0 Å². The van der Waals surface area contributed by atoms with Crippen LogP contribution >= 0.6 is 0 Å². The molecule has 2 aliphatic rings. The van der Waals surface area contributed by atoms with Crippen molar-refractivity contribution in [1.82, 2.24) is 15.1 Å². The molecule has 92 valence electrons. The maximum absolute atomic E-state index is 5.12. The van der Waals surface area contributed by atoms with Crippen LogP contribution in [0.2, 0.25) is 0 Å². The predicted octanol–water partition coefficient (Wildman–Crippen LogP) is 0.474. The van der Waals surface area contributed by atoms with Crippen LogP contribution in [0.4, 0.5) is 0 Å². The van der Waals surface area contributed by atoms with Gasteiger partial charge >= 0.3 is 0 Å². The SMILES string of the molecule is COCCN1CCC(N2C=CNCC2)CC1. The highest BCUT2D eigenvalue weighted by atomic mass is 16.5. The van der Waals surface area contributed by atoms with E-state index < -0.39 is 0 Å². The van der Waals surface area contributed by atoms with E-state index in [9.17, 15) is 0 Å². The molecule has 2 aliphatic heterocycles. The van der Waals surface area contributed by atoms with E-state index in [4.69, 9.17) is 4.74 Å². The Bertz CT molecular complexity index is 224. The summed E-state index contributed by atoms with van der Waals surface area (Å²) in [5, 5.41) is 3.24. The van der Waals surface area contributed by atoms with Gasteiger partial charge < -0.3 is 19.9 Å². The lowest BCUT2D eigenvalue weighted by molar-refractivity contribution is 0.103. The molecule has 0 aromatic rings. The standard InChI is InChI=1S/C12H23N3O/c1-16-11-10-14-6-2-12(3-7-14)15-8-4-13-5-9-15/h4,8,12-13H,2-3,5-7,9-11H2,1H3. The van der Waals surface area contributed by atoms with Crippen molar-refractivity contribution >= 4 is 0 Å². The Hall–Kier alpha value is -0.740. The van der Waals surface area contributed by atoms with Crippen molar-refractivity contribution in [2.45, 2.75) is 18.9 Å². The maximum atomic E-state index is 5.12. The largest absolute Gasteiger partial charge is 0.388 e. The summed E-state index contributed by atoms with van der Waals surface area (Å²) in [5.41, 5.74) is 0. The van der Waals surface area contributed by atoms with Crippen LogP contribution in [0.25, 0.3) is 0 Å². The Morgan fingerprint density at radius 1 is 1.31 bits per heavy atom. The van der Waals surface area contributed by atoms with Crippen LogP contribution in [0, 0.1) is 0 Å². The third-order valence-corrected chi connectivity index (χ3v) is 3.54. The van der Waals surface area contributed by atoms with E-state index in [-0.39, 0.29) is 0 Å². The molecule has 0 unspecified atom stereocenters. The van der Waals surface area contributed by atoms with Crippen molar-refractivity contribution in [3.63, 3.8) is 0 Å². The number of ether oxygens (including phenoxy) is 1. The van der Waals surface area contributed by atoms with Crippen LogP contribution in [-0.4, -0.2) is 62.3 Å². The minimum absolute atomic E-state index is 0.747. The van der Waals surface area contributed by atoms with Gasteiger partial charge in [0.1, 0.15) is 0 Å². The molecular formula is C12H23N3O. The molecule has 0 amide bonds. The highest BCUT2D eigenvalue weighted by molar-refractivity contribution is 4.92. The number of nitrogens with zero attached hydrogens (tertiary/aromatic N) is 2. The van der Waals surface area contributed by atoms with Gasteiger partial charge in [0.05, 0.1) is 6.61 Å². The molecule has 0 aliphatic carbocycles. The molecule has 0 atom stereocenters. The van der Waals surface area contributed by atoms with E-state index in [1.54, 1.807) is 7.11 Å². The second-order valence-electron chi connectivity index (χ2n) is 4.57. The van der Waals surface area contributed by atoms with Crippen LogP contribution in [0.15, 0.2) is 12.4 Å². The molecule has 4 nitrogen and oxygen atoms in total. The smallest absolute Gasteiger partial charge is 0.0589 e. The molecule has 1 fully saturated rings. The number of piperidine rings is 1. The third kappa shape index (κ3) is 3.12. The molecule has 0 spiro atoms. The molecular weight excluding hydrogens is 202 g/mol. The molecule has 0 bridgehead atoms. The molecule has 1 N–H and O–H groups in total. The van der Waals surface area contributed by atoms with Crippen molar-refractivity contribution in [2.24, 2.45) is 0 Å². The predicted molar refractivity (Wildman–Crippen MR) is 65.2 cm³/mol. The number of methoxy groups -OCH3 is 1. The fourth-order valence-electron chi connectivity index (χ4n) is 2.50. The van der Waals surface area contributed by atoms with E-state index >= 15 is 0 Å². The van der Waals surface area contributed by atoms with Gasteiger partial charge in [0.25, 0.3) is 0 Å². The molecule has 0 radical (unpaired) electrons. The summed E-state index contributed by atoms with van der Waals surface area (Å²) in [5.74, 6) is 0. The molecule has 0 saturated carbocycles. The second kappa shape index (κ2) is 6.11. The number of nitrogens with one attached hydrogen (secondary N) is 1. The van der Waals surface area contributed by atoms with Crippen molar-refractivity contribution in [3.8, 4) is 0 Å². The Labute approximate surface area is 98.2 Å². The van der Waals surface area contributed by atoms with E-state index in [1.165, 1.54) is 25.9 Å². The minimum atomic E-state index is 0.747. The fraction of sp³-hybridized carbons (Fsp3) is 0.833. The molecule has 2 heterocycles. The van der Waals surface area contributed by atoms with Crippen LogP contribution < -0.4 is 5.32 Å². The first-order chi connectivity index (χ1) is 7.90. The number of likely N-dealkylation sites (tertiary alicyclic amines) is 1. The van der Waals surface area contributed by atoms with E-state index in [0.29, 0.717) is 0 Å². The van der Waals surface area contributed by atoms with Crippen LogP contribution in [0.5, 0.6) is 0 Å². The zero-order valence-electron chi connectivity index (χ0n) is 10.2. The highest BCUT2D eigenvalue weighted by Crippen LogP contribution is 2.17. The lowest BCUT2D eigenvalue weighted by Crippen LogP contribution is -2.46. The summed E-state index contributed by atoms with van der Waals surface area (Å²) in [6.45, 7) is 6.61. The van der Waals surface area contributed by atoms with Crippen molar-refractivity contribution in [1.29, 1.82) is 0 Å². The first kappa shape index (κ1) is 11.7. The summed E-state index contributed by atoms with van der Waals surface area (Å²) in [6.07, 6.45) is 6.85. The normalized spacial score (nSPS) is 23.4. The average molecular weight is 225 g/mol. The third-order valence-electron chi connectivity index (χ3n) is 3.54. The Balaban J connectivity index is 1.72. The molecule has 0 aromatic heterocycles. The van der Waals surface area contributed by atoms with Gasteiger partial charge in [-0.1, -0.05) is 0 Å². The van der Waals surface area contributed by atoms with E-state index in [0.717, 1.165) is 32.3 Å². The van der Waals surface area contributed by atoms with E-state index in [2.05, 4.69) is 27.5 Å². The Morgan fingerprint density at radius 2 is 2.12 bits per heavy atom. The lowest BCUT2D eigenvalue weighted by atomic mass is 10.0. The zero-order valence-corrected chi connectivity index (χ0v) is 10.2. The molecule has 16 heavy (non-hydrogen) atoms. The summed E-state index contributed by atoms with van der Waals surface area (Å²) >= 11 is 0. The van der Waals surface area contributed by atoms with Gasteiger partial charge in [-0.25, -0.2) is 0 Å². The monoisotopic (exact) mass is 225 g/mol. The summed E-state index contributed by atoms with van der Waals surface area (Å²) in [4.78, 5) is 5.00. The fourth-order valence-corrected chi connectivity index (χ4v) is 2.50. The van der Waals surface area contributed by atoms with Crippen LogP contribution in [0.3, 0.4) is 0 Å². The van der Waals surface area contributed by atoms with Crippen LogP contribution in [0.1, 0.15) is 12.8 Å². The molecule has 1 saturated heterocycles. The van der Waals surface area contributed by atoms with Crippen molar-refractivity contribution < 1.29 is 4.74 Å². The molecule has 0 aromatic carbocycles. The van der Waals surface area contributed by atoms with Crippen molar-refractivity contribution in [3.05, 3.63) is 12.4 Å². The van der Waals surface area contributed by atoms with Gasteiger partial charge in [-0.2, -0.15) is 0 Å². The first-order valence-corrected chi connectivity index (χ1v) is 6.27. The second-order valence-corrected chi connectivity index (χ2v) is 4.57. The first-order valence-electron chi connectivity index (χ1n) is 6.27. The molecule has 4 heteroatoms. The lowest BCUT2D eigenvalue weighted by Gasteiger charge is -2.39. The highest BCUT2D eigenvalue weighted by Gasteiger charge is 2.22. The Morgan fingerprint density at radius 3 is 2.75 bits per heavy atom. The topological polar surface area (TPSA) is 27.7 Å². The van der Waals surface area contributed by atoms with E-state index in [1.807, 2.05) is 0 Å². The van der Waals surface area contributed by atoms with Gasteiger partial charge in [-0.3, -0.25) is 0 Å². The minimum Gasteiger partial charge on any atom is -0.388 e. The molecule has 2 rings (SSSR count). The zero-order chi connectivity index (χ0) is 11.2. The average Bonchev–Trinajstić information content (AvgIpc) is 2.38. The summed E-state index contributed by atoms with van der Waals surface area (Å²) in [7, 11) is 1.78. The van der Waals surface area contributed by atoms with Crippen LogP contribution in [-0.2, 0) is 4.74 Å². The number of rotatable bonds is 4. The van der Waals surface area contributed by atoms with Gasteiger partial charge in [0, 0.05) is 58.3 Å². The summed E-state index contributed by atoms with van der Waals surface area (Å²) in [6, 6.07) is 0.747.